The number of nitro groups is 1. The molecule has 0 aliphatic rings. The maximum Gasteiger partial charge on any atom is 0.235 e. The van der Waals surface area contributed by atoms with E-state index in [2.05, 4.69) is 383 Å². The van der Waals surface area contributed by atoms with Crippen molar-refractivity contribution in [2.45, 2.75) is 242 Å². The quantitative estimate of drug-likeness (QED) is 0.0188. The molecule has 0 bridgehead atoms. The van der Waals surface area contributed by atoms with Crippen LogP contribution in [0.3, 0.4) is 0 Å². The minimum absolute atomic E-state index is 0. The van der Waals surface area contributed by atoms with Crippen LogP contribution in [0.15, 0.2) is 273 Å². The number of benzene rings is 5. The first-order chi connectivity index (χ1) is 69.0. The molecule has 6 N–H and O–H groups in total. The van der Waals surface area contributed by atoms with E-state index in [0.29, 0.717) is 23.9 Å². The maximum absolute atomic E-state index is 10.5. The Hall–Kier alpha value is -12.6. The van der Waals surface area contributed by atoms with Gasteiger partial charge in [-0.15, -0.1) is 5.92 Å². The second-order valence-electron chi connectivity index (χ2n) is 37.8. The van der Waals surface area contributed by atoms with Crippen LogP contribution in [0.4, 0.5) is 17.3 Å². The van der Waals surface area contributed by atoms with Crippen LogP contribution in [0.1, 0.15) is 226 Å². The number of aromatic nitrogens is 12. The molecule has 0 saturated carbocycles. The summed E-state index contributed by atoms with van der Waals surface area (Å²) in [7, 11) is 0. The number of aryl methyl sites for hydroxylation is 27. The molecule has 0 aliphatic heterocycles. The molecule has 5 aromatic carbocycles. The molecule has 2 atom stereocenters. The average molecular weight is 2190 g/mol. The van der Waals surface area contributed by atoms with Gasteiger partial charge in [0, 0.05) is 180 Å². The number of nitrogens with two attached hydrogens (primary N) is 3. The van der Waals surface area contributed by atoms with Gasteiger partial charge in [-0.3, -0.25) is 10.1 Å². The molecule has 17 rings (SSSR count). The SMILES string of the molecule is C.C.CC.Cc1cc(C)nc(-n2c(C)ccc2C)c1.Cc1cc(CCc2cccc(/C=C/[N+](=O)[O-])c2)nc(-n2c(C)ccc2C)c1.Cc1cc(N)nc(CCc2cccc(C(CN)Cc3cc(C)cc(N)n3)c2)c1.Cc1cccc(CCc2cc(C)cc(-n3c(C)ccc3C)n2)c1.[C-]#[N+]c1cccc(CBr)c1.[CH2-]C(Cc1cc(C)cc(-n2c(C)ccc2C)n1)c1cccc(CCc2cc(C)cc(-n3c(C)ccc3C)n2)c1.[Y].[Y]. The van der Waals surface area contributed by atoms with E-state index in [0.717, 1.165) is 173 Å². The Balaban J connectivity index is 0.000000247. The van der Waals surface area contributed by atoms with Crippen LogP contribution in [-0.4, -0.2) is 69.2 Å². The first-order valence-electron chi connectivity index (χ1n) is 49.8. The predicted molar refractivity (Wildman–Crippen MR) is 614 cm³/mol. The van der Waals surface area contributed by atoms with E-state index in [9.17, 15) is 10.1 Å². The van der Waals surface area contributed by atoms with Crippen molar-refractivity contribution in [1.29, 1.82) is 0 Å². The van der Waals surface area contributed by atoms with E-state index in [-0.39, 0.29) is 92.1 Å². The number of alkyl halides is 1. The zero-order valence-electron chi connectivity index (χ0n) is 89.2. The fraction of sp³-hybridized carbons (Fsp3) is 0.294. The molecular formula is C126H151BrN17O2Y2-. The fourth-order valence-electron chi connectivity index (χ4n) is 18.3. The van der Waals surface area contributed by atoms with E-state index < -0.39 is 4.92 Å². The van der Waals surface area contributed by atoms with Gasteiger partial charge in [0.05, 0.1) is 11.5 Å². The fourth-order valence-corrected chi connectivity index (χ4v) is 18.7. The largest absolute Gasteiger partial charge is 0.384 e. The summed E-state index contributed by atoms with van der Waals surface area (Å²) in [5.74, 6) is 6.47. The molecular weight excluding hydrogens is 2040 g/mol. The second-order valence-corrected chi connectivity index (χ2v) is 38.3. The molecule has 2 radical (unpaired) electrons. The van der Waals surface area contributed by atoms with Crippen molar-refractivity contribution in [3.8, 4) is 29.1 Å². The van der Waals surface area contributed by atoms with Crippen LogP contribution >= 0.6 is 15.9 Å². The van der Waals surface area contributed by atoms with E-state index in [1.165, 1.54) is 124 Å². The summed E-state index contributed by atoms with van der Waals surface area (Å²) in [6.45, 7) is 55.9. The number of nitrogens with zero attached hydrogens (tertiary/aromatic N) is 14. The van der Waals surface area contributed by atoms with Gasteiger partial charge in [0.15, 0.2) is 5.69 Å². The third-order valence-electron chi connectivity index (χ3n) is 25.0. The second kappa shape index (κ2) is 59.6. The molecule has 0 fully saturated rings. The Morgan fingerprint density at radius 3 is 1.02 bits per heavy atom. The first kappa shape index (κ1) is 122. The molecule has 2 unspecified atom stereocenters. The Morgan fingerprint density at radius 1 is 0.351 bits per heavy atom. The van der Waals surface area contributed by atoms with Crippen LogP contribution in [0, 0.1) is 155 Å². The molecule has 0 spiro atoms. The van der Waals surface area contributed by atoms with E-state index in [1.807, 2.05) is 89.2 Å². The van der Waals surface area contributed by atoms with Crippen molar-refractivity contribution in [2.75, 3.05) is 18.0 Å². The van der Waals surface area contributed by atoms with Crippen molar-refractivity contribution in [3.63, 3.8) is 0 Å². The Kier molecular flexibility index (Phi) is 49.3. The third-order valence-corrected chi connectivity index (χ3v) is 25.7. The Morgan fingerprint density at radius 2 is 0.655 bits per heavy atom. The Labute approximate surface area is 940 Å². The summed E-state index contributed by atoms with van der Waals surface area (Å²) in [5.41, 5.74) is 57.4. The number of pyridine rings is 7. The van der Waals surface area contributed by atoms with E-state index >= 15 is 0 Å². The normalized spacial score (nSPS) is 11.0. The van der Waals surface area contributed by atoms with Crippen molar-refractivity contribution in [1.82, 2.24) is 57.7 Å². The van der Waals surface area contributed by atoms with Crippen molar-refractivity contribution < 1.29 is 70.3 Å². The van der Waals surface area contributed by atoms with Gasteiger partial charge >= 0.3 is 0 Å². The van der Waals surface area contributed by atoms with Crippen molar-refractivity contribution in [3.05, 3.63) is 487 Å². The van der Waals surface area contributed by atoms with Crippen LogP contribution in [-0.2, 0) is 135 Å². The standard InChI is InChI=1S/C35H39N4.C23H29N5.C22H23N3O2.C21H24N2.C13H16N2.C8H6BrN.C2H6.2CH4.2Y/c1-23-17-32(36-34(19-23)38-26(4)11-12-27(38)5)16-15-30-9-8-10-31(22-30)25(3)21-33-18-24(2)20-35(37-33)39-28(6)13-14-29(39)7;1-15-8-20(27-22(25)10-15)7-6-17-4-3-5-18(12-17)19(14-24)13-21-9-16(2)11-23(26)28-21;1-16-13-21(23-22(14-16)25-17(2)7-8-18(25)3)10-9-19-5-4-6-20(15-19)11-12-24(26)27;1-15-6-5-7-19(12-15)10-11-20-13-16(2)14-21(22-20)23-17(3)8-9-18(23)4;1-9-7-10(2)14-13(8-9)15-11(3)5-6-12(15)4;1-10-8-4-2-3-7(5-8)6-9;1-2;;;;/h8-14,17-20,22,25H,3,15-16,21H2,1-2,4-7H3;3-5,8-12,19H,6-7,13-14,24H2,1-2H3,(H2,25,27)(H2,26,28);4-8,11-15H,9-10H2,1-3H3;5-9,12-14H,10-11H2,1-4H3;5-8H,1-4H3;2-5H,6H2;1-2H3;2*1H4;;/q-1;;;;;;;;;;/b;;12-11+;;;;;;;;. The van der Waals surface area contributed by atoms with E-state index in [1.54, 1.807) is 6.07 Å². The molecule has 12 aromatic heterocycles. The van der Waals surface area contributed by atoms with Crippen LogP contribution in [0.2, 0.25) is 0 Å². The van der Waals surface area contributed by atoms with Crippen molar-refractivity contribution >= 4 is 39.3 Å². The number of rotatable bonds is 27. The van der Waals surface area contributed by atoms with Crippen LogP contribution in [0.5, 0.6) is 0 Å². The minimum Gasteiger partial charge on any atom is -0.384 e. The number of anilines is 2. The monoisotopic (exact) mass is 2190 g/mol. The topological polar surface area (TPSA) is 240 Å². The molecule has 22 heteroatoms. The van der Waals surface area contributed by atoms with Gasteiger partial charge in [0.2, 0.25) is 6.20 Å². The number of hydrogen-bond donors (Lipinski definition) is 3. The summed E-state index contributed by atoms with van der Waals surface area (Å²) in [6, 6.07) is 92.4. The molecule has 12 heterocycles. The van der Waals surface area contributed by atoms with Gasteiger partial charge < -0.3 is 47.0 Å². The minimum atomic E-state index is -0.448. The summed E-state index contributed by atoms with van der Waals surface area (Å²) in [6.07, 6.45) is 11.3. The first-order valence-corrected chi connectivity index (χ1v) is 50.9. The smallest absolute Gasteiger partial charge is 0.235 e. The number of halogens is 1. The zero-order chi connectivity index (χ0) is 104. The summed E-state index contributed by atoms with van der Waals surface area (Å²) >= 11 is 3.32. The molecule has 0 amide bonds. The van der Waals surface area contributed by atoms with E-state index in [4.69, 9.17) is 43.7 Å². The van der Waals surface area contributed by atoms with Crippen molar-refractivity contribution in [2.24, 2.45) is 5.73 Å². The molecule has 766 valence electrons. The average Bonchev–Trinajstić information content (AvgIpc) is 1.66. The van der Waals surface area contributed by atoms with Gasteiger partial charge in [0.1, 0.15) is 40.7 Å². The third kappa shape index (κ3) is 36.4. The van der Waals surface area contributed by atoms with Gasteiger partial charge in [-0.2, -0.15) is 0 Å². The predicted octanol–water partition coefficient (Wildman–Crippen LogP) is 29.4. The van der Waals surface area contributed by atoms with Gasteiger partial charge in [0.25, 0.3) is 0 Å². The molecule has 148 heavy (non-hydrogen) atoms. The molecule has 0 aliphatic carbocycles. The number of nitrogen functional groups attached to an aromatic ring is 2. The Bertz CT molecular complexity index is 7130. The number of hydrogen-bond acceptors (Lipinski definition) is 12. The van der Waals surface area contributed by atoms with Gasteiger partial charge in [-0.1, -0.05) is 177 Å². The summed E-state index contributed by atoms with van der Waals surface area (Å²) in [4.78, 5) is 46.6. The van der Waals surface area contributed by atoms with Gasteiger partial charge in [-0.05, 0) is 426 Å². The van der Waals surface area contributed by atoms with Crippen LogP contribution in [0.25, 0.3) is 40.0 Å². The maximum atomic E-state index is 10.5. The zero-order valence-corrected chi connectivity index (χ0v) is 96.5. The molecule has 17 aromatic rings. The molecule has 0 saturated heterocycles. The molecule has 19 nitrogen and oxygen atoms in total. The van der Waals surface area contributed by atoms with Gasteiger partial charge in [-0.25, -0.2) is 39.7 Å². The summed E-state index contributed by atoms with van der Waals surface area (Å²) in [5, 5.41) is 11.3. The van der Waals surface area contributed by atoms with Crippen LogP contribution < -0.4 is 17.2 Å². The summed E-state index contributed by atoms with van der Waals surface area (Å²) < 4.78 is 11.0.